The van der Waals surface area contributed by atoms with E-state index < -0.39 is 0 Å². The molecule has 0 spiro atoms. The van der Waals surface area contributed by atoms with Gasteiger partial charge in [-0.15, -0.1) is 11.3 Å². The summed E-state index contributed by atoms with van der Waals surface area (Å²) >= 11 is 1.88. The third kappa shape index (κ3) is 2.97. The number of hydrogen-bond acceptors (Lipinski definition) is 2. The fraction of sp³-hybridized carbons (Fsp3) is 0.444. The van der Waals surface area contributed by atoms with Crippen LogP contribution in [-0.4, -0.2) is 7.05 Å². The first-order chi connectivity index (χ1) is 9.34. The van der Waals surface area contributed by atoms with Gasteiger partial charge in [0.15, 0.2) is 0 Å². The molecule has 1 aromatic heterocycles. The number of thiophene rings is 1. The van der Waals surface area contributed by atoms with Crippen LogP contribution >= 0.6 is 11.3 Å². The van der Waals surface area contributed by atoms with Gasteiger partial charge in [0.05, 0.1) is 6.04 Å². The van der Waals surface area contributed by atoms with Gasteiger partial charge in [-0.25, -0.2) is 0 Å². The van der Waals surface area contributed by atoms with Crippen LogP contribution in [0.25, 0.3) is 0 Å². The van der Waals surface area contributed by atoms with E-state index in [0.29, 0.717) is 0 Å². The van der Waals surface area contributed by atoms with Crippen LogP contribution in [0.1, 0.15) is 53.3 Å². The summed E-state index contributed by atoms with van der Waals surface area (Å²) in [6.45, 7) is 11.2. The van der Waals surface area contributed by atoms with Crippen LogP contribution in [0.5, 0.6) is 0 Å². The van der Waals surface area contributed by atoms with E-state index in [-0.39, 0.29) is 11.5 Å². The van der Waals surface area contributed by atoms with E-state index in [4.69, 9.17) is 0 Å². The summed E-state index contributed by atoms with van der Waals surface area (Å²) in [7, 11) is 2.05. The predicted octanol–water partition coefficient (Wildman–Crippen LogP) is 4.97. The molecule has 1 heterocycles. The number of nitrogens with one attached hydrogen (secondary N) is 1. The number of benzene rings is 1. The molecule has 0 saturated carbocycles. The molecule has 2 heteroatoms. The Hall–Kier alpha value is -1.12. The van der Waals surface area contributed by atoms with Crippen molar-refractivity contribution in [2.24, 2.45) is 0 Å². The van der Waals surface area contributed by atoms with E-state index >= 15 is 0 Å². The average molecular weight is 287 g/mol. The van der Waals surface area contributed by atoms with Crippen LogP contribution in [0.4, 0.5) is 0 Å². The summed E-state index contributed by atoms with van der Waals surface area (Å²) in [4.78, 5) is 2.79. The maximum absolute atomic E-state index is 3.51. The van der Waals surface area contributed by atoms with Gasteiger partial charge in [-0.3, -0.25) is 0 Å². The molecular weight excluding hydrogens is 262 g/mol. The van der Waals surface area contributed by atoms with Crippen molar-refractivity contribution in [1.82, 2.24) is 5.32 Å². The average Bonchev–Trinajstić information content (AvgIpc) is 2.69. The van der Waals surface area contributed by atoms with Crippen molar-refractivity contribution in [1.29, 1.82) is 0 Å². The summed E-state index contributed by atoms with van der Waals surface area (Å²) in [6.07, 6.45) is 0. The maximum atomic E-state index is 3.51. The largest absolute Gasteiger partial charge is 0.309 e. The smallest absolute Gasteiger partial charge is 0.0588 e. The Morgan fingerprint density at radius 2 is 1.70 bits per heavy atom. The van der Waals surface area contributed by atoms with E-state index in [0.717, 1.165) is 0 Å². The Bertz CT molecular complexity index is 590. The highest BCUT2D eigenvalue weighted by atomic mass is 32.1. The SMILES string of the molecule is CNC(c1ccccc1C(C)(C)C)c1cc(C)sc1C. The minimum Gasteiger partial charge on any atom is -0.309 e. The molecule has 2 rings (SSSR count). The topological polar surface area (TPSA) is 12.0 Å². The number of hydrogen-bond donors (Lipinski definition) is 1. The minimum atomic E-state index is 0.157. The van der Waals surface area contributed by atoms with Crippen molar-refractivity contribution in [2.45, 2.75) is 46.1 Å². The second-order valence-electron chi connectivity index (χ2n) is 6.43. The van der Waals surface area contributed by atoms with Crippen molar-refractivity contribution in [3.63, 3.8) is 0 Å². The monoisotopic (exact) mass is 287 g/mol. The lowest BCUT2D eigenvalue weighted by Crippen LogP contribution is -2.23. The fourth-order valence-electron chi connectivity index (χ4n) is 2.85. The fourth-order valence-corrected chi connectivity index (χ4v) is 3.81. The molecular formula is C18H25NS. The van der Waals surface area contributed by atoms with E-state index in [1.165, 1.54) is 26.4 Å². The van der Waals surface area contributed by atoms with Gasteiger partial charge < -0.3 is 5.32 Å². The summed E-state index contributed by atoms with van der Waals surface area (Å²) in [6, 6.07) is 11.4. The van der Waals surface area contributed by atoms with Gasteiger partial charge in [-0.1, -0.05) is 45.0 Å². The summed E-state index contributed by atoms with van der Waals surface area (Å²) in [5.74, 6) is 0. The standard InChI is InChI=1S/C18H25NS/c1-12-11-15(13(2)20-12)17(19-6)14-9-7-8-10-16(14)18(3,4)5/h7-11,17,19H,1-6H3. The van der Waals surface area contributed by atoms with Crippen molar-refractivity contribution in [2.75, 3.05) is 7.05 Å². The van der Waals surface area contributed by atoms with Gasteiger partial charge in [-0.2, -0.15) is 0 Å². The van der Waals surface area contributed by atoms with Gasteiger partial charge in [0.25, 0.3) is 0 Å². The molecule has 1 aromatic carbocycles. The first-order valence-corrected chi connectivity index (χ1v) is 8.00. The summed E-state index contributed by atoms with van der Waals surface area (Å²) < 4.78 is 0. The highest BCUT2D eigenvalue weighted by molar-refractivity contribution is 7.12. The lowest BCUT2D eigenvalue weighted by molar-refractivity contribution is 0.567. The third-order valence-corrected chi connectivity index (χ3v) is 4.74. The Labute approximate surface area is 127 Å². The molecule has 0 saturated heterocycles. The second-order valence-corrected chi connectivity index (χ2v) is 7.89. The molecule has 0 aliphatic heterocycles. The van der Waals surface area contributed by atoms with E-state index in [2.05, 4.69) is 77.3 Å². The summed E-state index contributed by atoms with van der Waals surface area (Å²) in [5.41, 5.74) is 4.38. The van der Waals surface area contributed by atoms with E-state index in [1.54, 1.807) is 0 Å². The van der Waals surface area contributed by atoms with Crippen LogP contribution in [0.2, 0.25) is 0 Å². The van der Waals surface area contributed by atoms with Gasteiger partial charge in [0.2, 0.25) is 0 Å². The molecule has 20 heavy (non-hydrogen) atoms. The first kappa shape index (κ1) is 15.3. The molecule has 0 aliphatic rings. The molecule has 1 atom stereocenters. The number of rotatable bonds is 3. The second kappa shape index (κ2) is 5.71. The van der Waals surface area contributed by atoms with Crippen molar-refractivity contribution >= 4 is 11.3 Å². The van der Waals surface area contributed by atoms with E-state index in [1.807, 2.05) is 11.3 Å². The van der Waals surface area contributed by atoms with Crippen molar-refractivity contribution in [3.8, 4) is 0 Å². The zero-order valence-electron chi connectivity index (χ0n) is 13.4. The lowest BCUT2D eigenvalue weighted by atomic mass is 9.80. The molecule has 1 N–H and O–H groups in total. The molecule has 0 amide bonds. The highest BCUT2D eigenvalue weighted by Gasteiger charge is 2.24. The van der Waals surface area contributed by atoms with Gasteiger partial charge in [0, 0.05) is 9.75 Å². The maximum Gasteiger partial charge on any atom is 0.0588 e. The molecule has 108 valence electrons. The Balaban J connectivity index is 2.56. The van der Waals surface area contributed by atoms with Crippen molar-refractivity contribution < 1.29 is 0 Å². The lowest BCUT2D eigenvalue weighted by Gasteiger charge is -2.27. The Morgan fingerprint density at radius 1 is 1.05 bits per heavy atom. The third-order valence-electron chi connectivity index (χ3n) is 3.76. The molecule has 2 aromatic rings. The zero-order valence-corrected chi connectivity index (χ0v) is 14.2. The highest BCUT2D eigenvalue weighted by Crippen LogP contribution is 2.35. The molecule has 0 bridgehead atoms. The van der Waals surface area contributed by atoms with Crippen LogP contribution in [0.15, 0.2) is 30.3 Å². The van der Waals surface area contributed by atoms with E-state index in [9.17, 15) is 0 Å². The Morgan fingerprint density at radius 3 is 2.20 bits per heavy atom. The predicted molar refractivity (Wildman–Crippen MR) is 89.8 cm³/mol. The minimum absolute atomic E-state index is 0.157. The van der Waals surface area contributed by atoms with Crippen LogP contribution in [0, 0.1) is 13.8 Å². The van der Waals surface area contributed by atoms with Crippen LogP contribution < -0.4 is 5.32 Å². The van der Waals surface area contributed by atoms with Gasteiger partial charge in [-0.05, 0) is 49.1 Å². The molecule has 1 nitrogen and oxygen atoms in total. The molecule has 0 radical (unpaired) electrons. The summed E-state index contributed by atoms with van der Waals surface area (Å²) in [5, 5.41) is 3.51. The van der Waals surface area contributed by atoms with Gasteiger partial charge >= 0.3 is 0 Å². The first-order valence-electron chi connectivity index (χ1n) is 7.18. The van der Waals surface area contributed by atoms with Gasteiger partial charge in [0.1, 0.15) is 0 Å². The zero-order chi connectivity index (χ0) is 14.9. The van der Waals surface area contributed by atoms with Crippen molar-refractivity contribution in [3.05, 3.63) is 56.8 Å². The molecule has 1 unspecified atom stereocenters. The quantitative estimate of drug-likeness (QED) is 0.840. The Kier molecular flexibility index (Phi) is 4.36. The molecule has 0 fully saturated rings. The normalized spacial score (nSPS) is 13.5. The number of aryl methyl sites for hydroxylation is 2. The van der Waals surface area contributed by atoms with Crippen LogP contribution in [0.3, 0.4) is 0 Å². The van der Waals surface area contributed by atoms with Crippen LogP contribution in [-0.2, 0) is 5.41 Å². The molecule has 0 aliphatic carbocycles.